The summed E-state index contributed by atoms with van der Waals surface area (Å²) in [6.45, 7) is 5.29. The van der Waals surface area contributed by atoms with E-state index in [0.29, 0.717) is 5.92 Å². The van der Waals surface area contributed by atoms with E-state index in [1.807, 2.05) is 6.07 Å². The van der Waals surface area contributed by atoms with Gasteiger partial charge in [0.1, 0.15) is 5.75 Å². The summed E-state index contributed by atoms with van der Waals surface area (Å²) < 4.78 is 5.77. The van der Waals surface area contributed by atoms with E-state index in [4.69, 9.17) is 16.3 Å². The van der Waals surface area contributed by atoms with Gasteiger partial charge in [-0.2, -0.15) is 0 Å². The summed E-state index contributed by atoms with van der Waals surface area (Å²) >= 11 is 5.79. The number of fused-ring (bicyclic) bond motifs is 1. The van der Waals surface area contributed by atoms with Gasteiger partial charge < -0.3 is 9.64 Å². The molecule has 1 aromatic rings. The van der Waals surface area contributed by atoms with Gasteiger partial charge in [0, 0.05) is 19.0 Å². The molecule has 0 saturated heterocycles. The Morgan fingerprint density at radius 3 is 3.00 bits per heavy atom. The van der Waals surface area contributed by atoms with E-state index < -0.39 is 0 Å². The van der Waals surface area contributed by atoms with E-state index in [1.54, 1.807) is 0 Å². The van der Waals surface area contributed by atoms with Crippen molar-refractivity contribution in [3.63, 3.8) is 0 Å². The molecule has 2 rings (SSSR count). The van der Waals surface area contributed by atoms with Crippen molar-refractivity contribution in [2.75, 3.05) is 30.5 Å². The van der Waals surface area contributed by atoms with Gasteiger partial charge in [0.25, 0.3) is 0 Å². The molecule has 0 aliphatic carbocycles. The normalized spacial score (nSPS) is 16.7. The van der Waals surface area contributed by atoms with Crippen LogP contribution in [0.4, 0.5) is 5.69 Å². The number of alkyl halides is 1. The second-order valence-corrected chi connectivity index (χ2v) is 5.41. The van der Waals surface area contributed by atoms with E-state index >= 15 is 0 Å². The van der Waals surface area contributed by atoms with Crippen molar-refractivity contribution in [3.05, 3.63) is 24.3 Å². The quantitative estimate of drug-likeness (QED) is 0.750. The number of rotatable bonds is 5. The Balaban J connectivity index is 1.99. The van der Waals surface area contributed by atoms with E-state index in [9.17, 15) is 0 Å². The molecule has 0 aromatic heterocycles. The van der Waals surface area contributed by atoms with Gasteiger partial charge in [0.05, 0.1) is 12.3 Å². The van der Waals surface area contributed by atoms with Crippen LogP contribution in [-0.2, 0) is 0 Å². The Labute approximate surface area is 115 Å². The lowest BCUT2D eigenvalue weighted by Gasteiger charge is -2.25. The third-order valence-electron chi connectivity index (χ3n) is 3.53. The predicted molar refractivity (Wildman–Crippen MR) is 77.9 cm³/mol. The lowest BCUT2D eigenvalue weighted by molar-refractivity contribution is 0.322. The van der Waals surface area contributed by atoms with E-state index in [-0.39, 0.29) is 0 Å². The minimum Gasteiger partial charge on any atom is -0.491 e. The van der Waals surface area contributed by atoms with Gasteiger partial charge in [-0.05, 0) is 37.3 Å². The number of nitrogens with zero attached hydrogens (tertiary/aromatic N) is 1. The Bertz CT molecular complexity index is 369. The minimum atomic E-state index is 0.693. The summed E-state index contributed by atoms with van der Waals surface area (Å²) in [4.78, 5) is 2.45. The monoisotopic (exact) mass is 267 g/mol. The van der Waals surface area contributed by atoms with Crippen LogP contribution in [0, 0.1) is 5.92 Å². The van der Waals surface area contributed by atoms with Crippen molar-refractivity contribution in [2.24, 2.45) is 5.92 Å². The van der Waals surface area contributed by atoms with Gasteiger partial charge in [-0.3, -0.25) is 0 Å². The first-order valence-corrected chi connectivity index (χ1v) is 7.37. The smallest absolute Gasteiger partial charge is 0.142 e. The van der Waals surface area contributed by atoms with Crippen molar-refractivity contribution >= 4 is 17.3 Å². The van der Waals surface area contributed by atoms with Crippen LogP contribution in [0.2, 0.25) is 0 Å². The minimum absolute atomic E-state index is 0.693. The number of para-hydroxylation sites is 2. The summed E-state index contributed by atoms with van der Waals surface area (Å²) in [7, 11) is 0. The van der Waals surface area contributed by atoms with E-state index in [0.717, 1.165) is 44.2 Å². The number of hydrogen-bond donors (Lipinski definition) is 0. The van der Waals surface area contributed by atoms with Crippen LogP contribution in [0.25, 0.3) is 0 Å². The van der Waals surface area contributed by atoms with E-state index in [1.165, 1.54) is 12.1 Å². The summed E-state index contributed by atoms with van der Waals surface area (Å²) in [5.74, 6) is 2.49. The van der Waals surface area contributed by atoms with Crippen LogP contribution in [-0.4, -0.2) is 25.6 Å². The summed E-state index contributed by atoms with van der Waals surface area (Å²) in [5.41, 5.74) is 1.24. The molecule has 1 atom stereocenters. The molecule has 1 aliphatic heterocycles. The van der Waals surface area contributed by atoms with Crippen molar-refractivity contribution in [1.82, 2.24) is 0 Å². The van der Waals surface area contributed by atoms with E-state index in [2.05, 4.69) is 30.0 Å². The summed E-state index contributed by atoms with van der Waals surface area (Å²) in [6.07, 6.45) is 3.40. The molecule has 0 radical (unpaired) electrons. The molecule has 3 heteroatoms. The van der Waals surface area contributed by atoms with Crippen LogP contribution < -0.4 is 9.64 Å². The van der Waals surface area contributed by atoms with Gasteiger partial charge >= 0.3 is 0 Å². The predicted octanol–water partition coefficient (Wildman–Crippen LogP) is 3.93. The fourth-order valence-corrected chi connectivity index (χ4v) is 2.71. The van der Waals surface area contributed by atoms with Crippen LogP contribution >= 0.6 is 11.6 Å². The Kier molecular flexibility index (Phi) is 5.18. The molecule has 100 valence electrons. The Morgan fingerprint density at radius 1 is 1.33 bits per heavy atom. The second kappa shape index (κ2) is 6.89. The topological polar surface area (TPSA) is 12.5 Å². The Morgan fingerprint density at radius 2 is 2.17 bits per heavy atom. The number of ether oxygens (including phenoxy) is 1. The second-order valence-electron chi connectivity index (χ2n) is 5.03. The van der Waals surface area contributed by atoms with Crippen LogP contribution in [0.1, 0.15) is 26.2 Å². The highest BCUT2D eigenvalue weighted by Crippen LogP contribution is 2.30. The largest absolute Gasteiger partial charge is 0.491 e. The number of halogens is 1. The fraction of sp³-hybridized carbons (Fsp3) is 0.600. The first kappa shape index (κ1) is 13.5. The number of hydrogen-bond acceptors (Lipinski definition) is 2. The van der Waals surface area contributed by atoms with Gasteiger partial charge in [0.15, 0.2) is 0 Å². The molecule has 1 aromatic carbocycles. The highest BCUT2D eigenvalue weighted by atomic mass is 35.5. The van der Waals surface area contributed by atoms with Crippen molar-refractivity contribution in [2.45, 2.75) is 26.2 Å². The molecule has 1 unspecified atom stereocenters. The molecular weight excluding hydrogens is 246 g/mol. The highest BCUT2D eigenvalue weighted by Gasteiger charge is 2.16. The van der Waals surface area contributed by atoms with Crippen LogP contribution in [0.3, 0.4) is 0 Å². The molecule has 2 nitrogen and oxygen atoms in total. The molecule has 0 fully saturated rings. The molecule has 0 spiro atoms. The molecule has 18 heavy (non-hydrogen) atoms. The third-order valence-corrected chi connectivity index (χ3v) is 3.75. The molecule has 1 heterocycles. The SMILES string of the molecule is CC(CCCl)CCN1CCCOc2ccccc21. The molecule has 0 N–H and O–H groups in total. The maximum Gasteiger partial charge on any atom is 0.142 e. The third kappa shape index (κ3) is 3.55. The average Bonchev–Trinajstić information content (AvgIpc) is 2.59. The van der Waals surface area contributed by atoms with Gasteiger partial charge in [-0.1, -0.05) is 19.1 Å². The highest BCUT2D eigenvalue weighted by molar-refractivity contribution is 6.17. The summed E-state index contributed by atoms with van der Waals surface area (Å²) in [5, 5.41) is 0. The lowest BCUT2D eigenvalue weighted by Crippen LogP contribution is -2.26. The van der Waals surface area contributed by atoms with Crippen LogP contribution in [0.5, 0.6) is 5.75 Å². The first-order chi connectivity index (χ1) is 8.81. The fourth-order valence-electron chi connectivity index (χ4n) is 2.34. The van der Waals surface area contributed by atoms with Crippen molar-refractivity contribution in [3.8, 4) is 5.75 Å². The molecule has 0 saturated carbocycles. The summed E-state index contributed by atoms with van der Waals surface area (Å²) in [6, 6.07) is 8.35. The molecule has 0 amide bonds. The van der Waals surface area contributed by atoms with Crippen molar-refractivity contribution < 1.29 is 4.74 Å². The number of benzene rings is 1. The number of anilines is 1. The lowest BCUT2D eigenvalue weighted by atomic mass is 10.0. The van der Waals surface area contributed by atoms with Crippen LogP contribution in [0.15, 0.2) is 24.3 Å². The Hall–Kier alpha value is -0.890. The molecule has 1 aliphatic rings. The van der Waals surface area contributed by atoms with Gasteiger partial charge in [0.2, 0.25) is 0 Å². The van der Waals surface area contributed by atoms with Crippen molar-refractivity contribution in [1.29, 1.82) is 0 Å². The maximum atomic E-state index is 5.79. The standard InChI is InChI=1S/C15H22ClNO/c1-13(7-9-16)8-11-17-10-4-12-18-15-6-3-2-5-14(15)17/h2-3,5-6,13H,4,7-12H2,1H3. The first-order valence-electron chi connectivity index (χ1n) is 6.84. The zero-order valence-corrected chi connectivity index (χ0v) is 11.8. The molecular formula is C15H22ClNO. The van der Waals surface area contributed by atoms with Gasteiger partial charge in [-0.25, -0.2) is 0 Å². The average molecular weight is 268 g/mol. The molecule has 0 bridgehead atoms. The zero-order chi connectivity index (χ0) is 12.8. The zero-order valence-electron chi connectivity index (χ0n) is 11.1. The maximum absolute atomic E-state index is 5.79. The van der Waals surface area contributed by atoms with Gasteiger partial charge in [-0.15, -0.1) is 11.6 Å².